The summed E-state index contributed by atoms with van der Waals surface area (Å²) in [5.74, 6) is 0.303. The third-order valence-electron chi connectivity index (χ3n) is 4.87. The maximum absolute atomic E-state index is 13.1. The summed E-state index contributed by atoms with van der Waals surface area (Å²) in [6.07, 6.45) is 2.51. The van der Waals surface area contributed by atoms with Crippen molar-refractivity contribution in [2.45, 2.75) is 30.2 Å². The molecule has 1 N–H and O–H groups in total. The number of fused-ring (bicyclic) bond motifs is 1. The lowest BCUT2D eigenvalue weighted by Gasteiger charge is -2.32. The maximum atomic E-state index is 13.1. The Hall–Kier alpha value is -2.12. The number of ether oxygens (including phenoxy) is 1. The van der Waals surface area contributed by atoms with Crippen LogP contribution in [0.2, 0.25) is 0 Å². The molecule has 2 aromatic carbocycles. The number of methoxy groups -OCH3 is 1. The molecule has 0 aliphatic heterocycles. The minimum atomic E-state index is -3.78. The van der Waals surface area contributed by atoms with Crippen LogP contribution in [0.5, 0.6) is 5.75 Å². The molecule has 7 heteroatoms. The van der Waals surface area contributed by atoms with Gasteiger partial charge >= 0.3 is 0 Å². The molecule has 26 heavy (non-hydrogen) atoms. The van der Waals surface area contributed by atoms with E-state index in [1.54, 1.807) is 19.2 Å². The smallest absolute Gasteiger partial charge is 0.261 e. The molecule has 0 spiro atoms. The summed E-state index contributed by atoms with van der Waals surface area (Å²) in [5.41, 5.74) is 2.56. The van der Waals surface area contributed by atoms with Gasteiger partial charge in [0.2, 0.25) is 0 Å². The number of hydrogen-bond donors (Lipinski definition) is 1. The van der Waals surface area contributed by atoms with Crippen LogP contribution in [0.25, 0.3) is 0 Å². The Kier molecular flexibility index (Phi) is 5.20. The highest BCUT2D eigenvalue weighted by molar-refractivity contribution is 7.92. The van der Waals surface area contributed by atoms with E-state index in [1.165, 1.54) is 12.1 Å². The van der Waals surface area contributed by atoms with Crippen LogP contribution >= 0.6 is 0 Å². The van der Waals surface area contributed by atoms with Crippen molar-refractivity contribution >= 4 is 15.7 Å². The van der Waals surface area contributed by atoms with E-state index in [9.17, 15) is 12.8 Å². The minimum Gasteiger partial charge on any atom is -0.496 e. The SMILES string of the molecule is COc1ccc(NS(=O)(=O)c2ccc(F)cc2)c2c1CC(N(C)C)CC2. The standard InChI is InChI=1S/C19H23FN2O3S/c1-22(2)14-6-9-16-17(12-14)19(25-3)11-10-18(16)21-26(23,24)15-7-4-13(20)5-8-15/h4-5,7-8,10-11,14,21H,6,9,12H2,1-3H3. The number of halogens is 1. The largest absolute Gasteiger partial charge is 0.496 e. The highest BCUT2D eigenvalue weighted by atomic mass is 32.2. The first-order valence-electron chi connectivity index (χ1n) is 8.45. The molecule has 0 saturated heterocycles. The van der Waals surface area contributed by atoms with Gasteiger partial charge in [-0.15, -0.1) is 0 Å². The van der Waals surface area contributed by atoms with E-state index < -0.39 is 15.8 Å². The average Bonchev–Trinajstić information content (AvgIpc) is 2.61. The van der Waals surface area contributed by atoms with E-state index in [0.29, 0.717) is 11.7 Å². The summed E-state index contributed by atoms with van der Waals surface area (Å²) in [4.78, 5) is 2.21. The van der Waals surface area contributed by atoms with E-state index >= 15 is 0 Å². The van der Waals surface area contributed by atoms with Gasteiger partial charge in [-0.3, -0.25) is 4.72 Å². The number of nitrogens with one attached hydrogen (secondary N) is 1. The predicted octanol–water partition coefficient (Wildman–Crippen LogP) is 3.05. The van der Waals surface area contributed by atoms with Crippen molar-refractivity contribution in [3.63, 3.8) is 0 Å². The summed E-state index contributed by atoms with van der Waals surface area (Å²) in [6, 6.07) is 8.71. The zero-order valence-electron chi connectivity index (χ0n) is 15.1. The van der Waals surface area contributed by atoms with E-state index in [-0.39, 0.29) is 4.90 Å². The fraction of sp³-hybridized carbons (Fsp3) is 0.368. The van der Waals surface area contributed by atoms with Gasteiger partial charge < -0.3 is 9.64 Å². The first-order chi connectivity index (χ1) is 12.3. The van der Waals surface area contributed by atoms with Gasteiger partial charge in [-0.05, 0) is 75.3 Å². The molecule has 0 amide bonds. The maximum Gasteiger partial charge on any atom is 0.261 e. The molecule has 140 valence electrons. The highest BCUT2D eigenvalue weighted by Crippen LogP contribution is 2.36. The molecule has 1 aliphatic carbocycles. The van der Waals surface area contributed by atoms with Crippen LogP contribution in [-0.4, -0.2) is 40.6 Å². The molecule has 0 radical (unpaired) electrons. The molecule has 0 fully saturated rings. The summed E-state index contributed by atoms with van der Waals surface area (Å²) < 4.78 is 46.5. The quantitative estimate of drug-likeness (QED) is 0.869. The fourth-order valence-electron chi connectivity index (χ4n) is 3.37. The van der Waals surface area contributed by atoms with Gasteiger partial charge in [0, 0.05) is 11.6 Å². The normalized spacial score (nSPS) is 17.0. The van der Waals surface area contributed by atoms with Crippen LogP contribution in [-0.2, 0) is 22.9 Å². The third kappa shape index (κ3) is 3.68. The van der Waals surface area contributed by atoms with E-state index in [1.807, 2.05) is 14.1 Å². The van der Waals surface area contributed by atoms with Crippen LogP contribution < -0.4 is 9.46 Å². The van der Waals surface area contributed by atoms with Gasteiger partial charge in [0.25, 0.3) is 10.0 Å². The van der Waals surface area contributed by atoms with Crippen molar-refractivity contribution < 1.29 is 17.5 Å². The Morgan fingerprint density at radius 1 is 1.12 bits per heavy atom. The van der Waals surface area contributed by atoms with Crippen LogP contribution in [0, 0.1) is 5.82 Å². The van der Waals surface area contributed by atoms with Gasteiger partial charge in [-0.25, -0.2) is 12.8 Å². The number of benzene rings is 2. The Bertz CT molecular complexity index is 896. The van der Waals surface area contributed by atoms with Crippen molar-refractivity contribution in [3.05, 3.63) is 53.3 Å². The molecule has 1 aliphatic rings. The van der Waals surface area contributed by atoms with E-state index in [2.05, 4.69) is 9.62 Å². The molecular weight excluding hydrogens is 355 g/mol. The topological polar surface area (TPSA) is 58.6 Å². The van der Waals surface area contributed by atoms with Crippen LogP contribution in [0.15, 0.2) is 41.3 Å². The number of anilines is 1. The average molecular weight is 378 g/mol. The second kappa shape index (κ2) is 7.25. The summed E-state index contributed by atoms with van der Waals surface area (Å²) in [6.45, 7) is 0. The number of likely N-dealkylation sites (N-methyl/N-ethyl adjacent to an activating group) is 1. The second-order valence-corrected chi connectivity index (χ2v) is 8.37. The Morgan fingerprint density at radius 2 is 1.81 bits per heavy atom. The van der Waals surface area contributed by atoms with Crippen molar-refractivity contribution in [2.24, 2.45) is 0 Å². The van der Waals surface area contributed by atoms with Crippen LogP contribution in [0.4, 0.5) is 10.1 Å². The number of hydrogen-bond acceptors (Lipinski definition) is 4. The Balaban J connectivity index is 1.97. The second-order valence-electron chi connectivity index (χ2n) is 6.69. The first-order valence-corrected chi connectivity index (χ1v) is 9.93. The lowest BCUT2D eigenvalue weighted by Crippen LogP contribution is -2.34. The van der Waals surface area contributed by atoms with Gasteiger partial charge in [-0.2, -0.15) is 0 Å². The molecule has 5 nitrogen and oxygen atoms in total. The van der Waals surface area contributed by atoms with Crippen molar-refractivity contribution in [2.75, 3.05) is 25.9 Å². The lowest BCUT2D eigenvalue weighted by molar-refractivity contribution is 0.265. The Labute approximate surface area is 153 Å². The van der Waals surface area contributed by atoms with Crippen LogP contribution in [0.3, 0.4) is 0 Å². The Morgan fingerprint density at radius 3 is 2.42 bits per heavy atom. The molecule has 0 bridgehead atoms. The zero-order valence-corrected chi connectivity index (χ0v) is 15.9. The number of rotatable bonds is 5. The fourth-order valence-corrected chi connectivity index (χ4v) is 4.47. The molecule has 1 unspecified atom stereocenters. The summed E-state index contributed by atoms with van der Waals surface area (Å²) >= 11 is 0. The molecule has 3 rings (SSSR count). The van der Waals surface area contributed by atoms with Gasteiger partial charge in [0.05, 0.1) is 17.7 Å². The first kappa shape index (κ1) is 18.7. The van der Waals surface area contributed by atoms with Crippen molar-refractivity contribution in [1.29, 1.82) is 0 Å². The molecule has 0 saturated carbocycles. The number of sulfonamides is 1. The van der Waals surface area contributed by atoms with Gasteiger partial charge in [-0.1, -0.05) is 0 Å². The summed E-state index contributed by atoms with van der Waals surface area (Å²) in [5, 5.41) is 0. The number of nitrogens with zero attached hydrogens (tertiary/aromatic N) is 1. The predicted molar refractivity (Wildman–Crippen MR) is 99.7 cm³/mol. The molecule has 1 atom stereocenters. The van der Waals surface area contributed by atoms with Gasteiger partial charge in [0.15, 0.2) is 0 Å². The van der Waals surface area contributed by atoms with Gasteiger partial charge in [0.1, 0.15) is 11.6 Å². The third-order valence-corrected chi connectivity index (χ3v) is 6.26. The summed E-state index contributed by atoms with van der Waals surface area (Å²) in [7, 11) is 1.93. The lowest BCUT2D eigenvalue weighted by atomic mass is 9.86. The monoisotopic (exact) mass is 378 g/mol. The van der Waals surface area contributed by atoms with E-state index in [0.717, 1.165) is 48.3 Å². The zero-order chi connectivity index (χ0) is 18.9. The van der Waals surface area contributed by atoms with E-state index in [4.69, 9.17) is 4.74 Å². The minimum absolute atomic E-state index is 0.0328. The highest BCUT2D eigenvalue weighted by Gasteiger charge is 2.27. The van der Waals surface area contributed by atoms with Crippen LogP contribution in [0.1, 0.15) is 17.5 Å². The molecule has 2 aromatic rings. The van der Waals surface area contributed by atoms with Crippen molar-refractivity contribution in [3.8, 4) is 5.75 Å². The molecular formula is C19H23FN2O3S. The molecule has 0 aromatic heterocycles. The van der Waals surface area contributed by atoms with Crippen molar-refractivity contribution in [1.82, 2.24) is 4.90 Å². The molecule has 0 heterocycles.